The van der Waals surface area contributed by atoms with Crippen molar-refractivity contribution in [2.75, 3.05) is 0 Å². The van der Waals surface area contributed by atoms with Crippen LogP contribution in [0.5, 0.6) is 5.75 Å². The Morgan fingerprint density at radius 1 is 1.17 bits per heavy atom. The molecule has 0 fully saturated rings. The molecule has 24 heavy (non-hydrogen) atoms. The Kier molecular flexibility index (Phi) is 4.01. The third-order valence-corrected chi connectivity index (χ3v) is 3.43. The molecule has 0 aliphatic carbocycles. The summed E-state index contributed by atoms with van der Waals surface area (Å²) in [7, 11) is 0. The van der Waals surface area contributed by atoms with E-state index >= 15 is 0 Å². The van der Waals surface area contributed by atoms with Gasteiger partial charge in [-0.05, 0) is 36.8 Å². The van der Waals surface area contributed by atoms with Gasteiger partial charge in [0, 0.05) is 18.0 Å². The highest BCUT2D eigenvalue weighted by molar-refractivity contribution is 5.53. The molecule has 1 aromatic carbocycles. The van der Waals surface area contributed by atoms with Gasteiger partial charge in [0.05, 0.1) is 5.56 Å². The van der Waals surface area contributed by atoms with Crippen LogP contribution in [0, 0.1) is 6.92 Å². The van der Waals surface area contributed by atoms with Gasteiger partial charge in [-0.15, -0.1) is 0 Å². The standard InChI is InChI=1S/C17H13F3N2O2/c1-11-8-15(23)22-7-3-6-14(16(22)21-11)24-10-12-4-2-5-13(9-12)17(18,19)20/h2-9H,10H2,1H3. The smallest absolute Gasteiger partial charge is 0.416 e. The molecule has 124 valence electrons. The van der Waals surface area contributed by atoms with E-state index in [1.54, 1.807) is 31.3 Å². The van der Waals surface area contributed by atoms with Gasteiger partial charge in [-0.25, -0.2) is 4.98 Å². The van der Waals surface area contributed by atoms with E-state index in [1.165, 1.54) is 16.5 Å². The van der Waals surface area contributed by atoms with Crippen molar-refractivity contribution in [1.29, 1.82) is 0 Å². The first kappa shape index (κ1) is 16.0. The second kappa shape index (κ2) is 5.99. The van der Waals surface area contributed by atoms with Gasteiger partial charge in [0.15, 0.2) is 11.4 Å². The van der Waals surface area contributed by atoms with Crippen LogP contribution in [0.4, 0.5) is 13.2 Å². The monoisotopic (exact) mass is 334 g/mol. The third-order valence-electron chi connectivity index (χ3n) is 3.43. The summed E-state index contributed by atoms with van der Waals surface area (Å²) in [5.74, 6) is 0.329. The van der Waals surface area contributed by atoms with Gasteiger partial charge in [-0.2, -0.15) is 13.2 Å². The van der Waals surface area contributed by atoms with E-state index in [0.29, 0.717) is 22.7 Å². The van der Waals surface area contributed by atoms with E-state index in [0.717, 1.165) is 12.1 Å². The minimum atomic E-state index is -4.40. The first-order valence-electron chi connectivity index (χ1n) is 7.12. The zero-order valence-electron chi connectivity index (χ0n) is 12.7. The zero-order chi connectivity index (χ0) is 17.3. The van der Waals surface area contributed by atoms with Crippen LogP contribution in [-0.2, 0) is 12.8 Å². The average Bonchev–Trinajstić information content (AvgIpc) is 2.52. The Hall–Kier alpha value is -2.83. The molecule has 0 atom stereocenters. The molecule has 3 aromatic rings. The lowest BCUT2D eigenvalue weighted by Gasteiger charge is -2.11. The number of hydrogen-bond donors (Lipinski definition) is 0. The van der Waals surface area contributed by atoms with E-state index in [2.05, 4.69) is 4.98 Å². The SMILES string of the molecule is Cc1cc(=O)n2cccc(OCc3cccc(C(F)(F)F)c3)c2n1. The Balaban J connectivity index is 1.91. The van der Waals surface area contributed by atoms with Crippen molar-refractivity contribution in [3.05, 3.63) is 75.8 Å². The van der Waals surface area contributed by atoms with Crippen LogP contribution >= 0.6 is 0 Å². The van der Waals surface area contributed by atoms with E-state index in [9.17, 15) is 18.0 Å². The molecule has 0 aliphatic heterocycles. The second-order valence-corrected chi connectivity index (χ2v) is 5.29. The van der Waals surface area contributed by atoms with E-state index in [1.807, 2.05) is 0 Å². The first-order chi connectivity index (χ1) is 11.3. The number of aryl methyl sites for hydroxylation is 1. The van der Waals surface area contributed by atoms with Gasteiger partial charge in [-0.1, -0.05) is 12.1 Å². The second-order valence-electron chi connectivity index (χ2n) is 5.29. The molecule has 0 radical (unpaired) electrons. The minimum absolute atomic E-state index is 0.0621. The number of aromatic nitrogens is 2. The largest absolute Gasteiger partial charge is 0.485 e. The van der Waals surface area contributed by atoms with Gasteiger partial charge >= 0.3 is 6.18 Å². The van der Waals surface area contributed by atoms with Gasteiger partial charge in [0.2, 0.25) is 0 Å². The number of alkyl halides is 3. The van der Waals surface area contributed by atoms with Crippen LogP contribution in [0.2, 0.25) is 0 Å². The normalized spacial score (nSPS) is 11.7. The number of rotatable bonds is 3. The fraction of sp³-hybridized carbons (Fsp3) is 0.176. The van der Waals surface area contributed by atoms with Crippen molar-refractivity contribution in [3.63, 3.8) is 0 Å². The number of fused-ring (bicyclic) bond motifs is 1. The summed E-state index contributed by atoms with van der Waals surface area (Å²) in [5.41, 5.74) is 0.264. The predicted octanol–water partition coefficient (Wildman–Crippen LogP) is 3.60. The fourth-order valence-electron chi connectivity index (χ4n) is 2.33. The van der Waals surface area contributed by atoms with Gasteiger partial charge < -0.3 is 4.74 Å². The predicted molar refractivity (Wildman–Crippen MR) is 82.0 cm³/mol. The number of hydrogen-bond acceptors (Lipinski definition) is 3. The molecular weight excluding hydrogens is 321 g/mol. The summed E-state index contributed by atoms with van der Waals surface area (Å²) < 4.78 is 45.1. The summed E-state index contributed by atoms with van der Waals surface area (Å²) in [5, 5.41) is 0. The molecule has 0 saturated carbocycles. The zero-order valence-corrected chi connectivity index (χ0v) is 12.7. The lowest BCUT2D eigenvalue weighted by atomic mass is 10.1. The number of halogens is 3. The molecule has 0 amide bonds. The van der Waals surface area contributed by atoms with Crippen LogP contribution in [-0.4, -0.2) is 9.38 Å². The van der Waals surface area contributed by atoms with Crippen LogP contribution in [0.25, 0.3) is 5.65 Å². The highest BCUT2D eigenvalue weighted by Crippen LogP contribution is 2.29. The van der Waals surface area contributed by atoms with Gasteiger partial charge in [0.25, 0.3) is 5.56 Å². The first-order valence-corrected chi connectivity index (χ1v) is 7.12. The van der Waals surface area contributed by atoms with Crippen molar-refractivity contribution >= 4 is 5.65 Å². The molecule has 0 N–H and O–H groups in total. The molecule has 4 nitrogen and oxygen atoms in total. The molecule has 2 heterocycles. The Morgan fingerprint density at radius 3 is 2.71 bits per heavy atom. The van der Waals surface area contributed by atoms with Crippen molar-refractivity contribution in [2.24, 2.45) is 0 Å². The summed E-state index contributed by atoms with van der Waals surface area (Å²) >= 11 is 0. The summed E-state index contributed by atoms with van der Waals surface area (Å²) in [6.07, 6.45) is -2.84. The lowest BCUT2D eigenvalue weighted by molar-refractivity contribution is -0.137. The van der Waals surface area contributed by atoms with Crippen molar-refractivity contribution in [1.82, 2.24) is 9.38 Å². The molecule has 0 bridgehead atoms. The van der Waals surface area contributed by atoms with Crippen LogP contribution in [0.3, 0.4) is 0 Å². The topological polar surface area (TPSA) is 43.6 Å². The molecule has 0 unspecified atom stereocenters. The van der Waals surface area contributed by atoms with Crippen LogP contribution in [0.15, 0.2) is 53.5 Å². The number of nitrogens with zero attached hydrogens (tertiary/aromatic N) is 2. The van der Waals surface area contributed by atoms with Crippen LogP contribution < -0.4 is 10.3 Å². The van der Waals surface area contributed by atoms with Crippen LogP contribution in [0.1, 0.15) is 16.8 Å². The maximum atomic E-state index is 12.7. The Labute approximate surface area is 135 Å². The Morgan fingerprint density at radius 2 is 1.96 bits per heavy atom. The minimum Gasteiger partial charge on any atom is -0.485 e. The molecule has 7 heteroatoms. The number of benzene rings is 1. The molecule has 3 rings (SSSR count). The molecule has 0 spiro atoms. The molecule has 2 aromatic heterocycles. The molecule has 0 saturated heterocycles. The third kappa shape index (κ3) is 3.24. The van der Waals surface area contributed by atoms with E-state index in [-0.39, 0.29) is 12.2 Å². The highest BCUT2D eigenvalue weighted by Gasteiger charge is 2.30. The number of pyridine rings is 1. The maximum Gasteiger partial charge on any atom is 0.416 e. The van der Waals surface area contributed by atoms with Crippen molar-refractivity contribution in [3.8, 4) is 5.75 Å². The molecule has 0 aliphatic rings. The van der Waals surface area contributed by atoms with Crippen molar-refractivity contribution < 1.29 is 17.9 Å². The summed E-state index contributed by atoms with van der Waals surface area (Å²) in [6.45, 7) is 1.62. The van der Waals surface area contributed by atoms with E-state index in [4.69, 9.17) is 4.74 Å². The quantitative estimate of drug-likeness (QED) is 0.735. The average molecular weight is 334 g/mol. The summed E-state index contributed by atoms with van der Waals surface area (Å²) in [6, 6.07) is 9.55. The molecular formula is C17H13F3N2O2. The maximum absolute atomic E-state index is 12.7. The lowest BCUT2D eigenvalue weighted by Crippen LogP contribution is -2.15. The van der Waals surface area contributed by atoms with E-state index < -0.39 is 11.7 Å². The van der Waals surface area contributed by atoms with Crippen molar-refractivity contribution in [2.45, 2.75) is 19.7 Å². The van der Waals surface area contributed by atoms with Gasteiger partial charge in [0.1, 0.15) is 6.61 Å². The summed E-state index contributed by atoms with van der Waals surface area (Å²) in [4.78, 5) is 16.2. The fourth-order valence-corrected chi connectivity index (χ4v) is 2.33. The Bertz CT molecular complexity index is 948. The van der Waals surface area contributed by atoms with Gasteiger partial charge in [-0.3, -0.25) is 9.20 Å². The number of ether oxygens (including phenoxy) is 1. The highest BCUT2D eigenvalue weighted by atomic mass is 19.4.